The fourth-order valence-electron chi connectivity index (χ4n) is 2.07. The van der Waals surface area contributed by atoms with E-state index >= 15 is 0 Å². The third-order valence-electron chi connectivity index (χ3n) is 3.02. The van der Waals surface area contributed by atoms with Crippen molar-refractivity contribution < 1.29 is 22.0 Å². The first kappa shape index (κ1) is 19.0. The molecule has 1 amide bonds. The van der Waals surface area contributed by atoms with E-state index in [1.807, 2.05) is 0 Å². The van der Waals surface area contributed by atoms with Crippen LogP contribution in [-0.2, 0) is 10.0 Å². The molecule has 0 atom stereocenters. The number of sulfonamides is 1. The number of hydrogen-bond acceptors (Lipinski definition) is 3. The van der Waals surface area contributed by atoms with E-state index in [9.17, 15) is 22.0 Å². The summed E-state index contributed by atoms with van der Waals surface area (Å²) in [5, 5.41) is 2.33. The van der Waals surface area contributed by atoms with Crippen LogP contribution in [-0.4, -0.2) is 19.9 Å². The Labute approximate surface area is 145 Å². The van der Waals surface area contributed by atoms with Gasteiger partial charge in [-0.3, -0.25) is 4.79 Å². The van der Waals surface area contributed by atoms with Crippen LogP contribution in [0.2, 0.25) is 0 Å². The van der Waals surface area contributed by atoms with Crippen molar-refractivity contribution in [1.29, 1.82) is 0 Å². The van der Waals surface area contributed by atoms with Gasteiger partial charge >= 0.3 is 0 Å². The highest BCUT2D eigenvalue weighted by Crippen LogP contribution is 2.19. The van der Waals surface area contributed by atoms with Gasteiger partial charge in [0, 0.05) is 11.2 Å². The molecule has 134 valence electrons. The normalized spacial score (nSPS) is 12.0. The Morgan fingerprint density at radius 2 is 1.72 bits per heavy atom. The zero-order valence-electron chi connectivity index (χ0n) is 13.9. The zero-order chi connectivity index (χ0) is 18.8. The number of carbonyl (C=O) groups is 1. The molecule has 0 spiro atoms. The summed E-state index contributed by atoms with van der Waals surface area (Å²) >= 11 is 0. The third kappa shape index (κ3) is 5.07. The van der Waals surface area contributed by atoms with Crippen molar-refractivity contribution >= 4 is 21.6 Å². The van der Waals surface area contributed by atoms with E-state index in [-0.39, 0.29) is 10.6 Å². The van der Waals surface area contributed by atoms with Gasteiger partial charge in [0.1, 0.15) is 11.6 Å². The molecule has 0 aliphatic rings. The Hall–Kier alpha value is -2.32. The minimum absolute atomic E-state index is 0.130. The molecule has 0 bridgehead atoms. The number of hydrogen-bond donors (Lipinski definition) is 2. The van der Waals surface area contributed by atoms with Crippen molar-refractivity contribution in [1.82, 2.24) is 4.72 Å². The predicted octanol–water partition coefficient (Wildman–Crippen LogP) is 3.29. The average molecular weight is 368 g/mol. The fourth-order valence-corrected chi connectivity index (χ4v) is 3.52. The molecule has 0 aliphatic carbocycles. The maximum atomic E-state index is 14.0. The number of rotatable bonds is 4. The Balaban J connectivity index is 2.34. The molecule has 0 radical (unpaired) electrons. The Morgan fingerprint density at radius 1 is 1.04 bits per heavy atom. The van der Waals surface area contributed by atoms with Gasteiger partial charge in [0.05, 0.1) is 10.5 Å². The number of carbonyl (C=O) groups excluding carboxylic acids is 1. The zero-order valence-corrected chi connectivity index (χ0v) is 14.7. The first-order valence-corrected chi connectivity index (χ1v) is 8.87. The summed E-state index contributed by atoms with van der Waals surface area (Å²) in [6, 6.07) is 7.99. The van der Waals surface area contributed by atoms with E-state index in [2.05, 4.69) is 10.0 Å². The van der Waals surface area contributed by atoms with Crippen molar-refractivity contribution in [2.45, 2.75) is 31.2 Å². The van der Waals surface area contributed by atoms with Gasteiger partial charge in [0.25, 0.3) is 5.91 Å². The Morgan fingerprint density at radius 3 is 2.32 bits per heavy atom. The summed E-state index contributed by atoms with van der Waals surface area (Å²) in [7, 11) is -3.93. The predicted molar refractivity (Wildman–Crippen MR) is 90.8 cm³/mol. The van der Waals surface area contributed by atoms with Crippen LogP contribution in [0.25, 0.3) is 0 Å². The summed E-state index contributed by atoms with van der Waals surface area (Å²) in [5.74, 6) is -2.33. The quantitative estimate of drug-likeness (QED) is 0.870. The Kier molecular flexibility index (Phi) is 5.24. The standard InChI is InChI=1S/C17H18F2N2O3S/c1-17(2,3)21-25(23,24)13-7-8-15(19)14(10-13)16(22)20-12-6-4-5-11(18)9-12/h4-10,21H,1-3H3,(H,20,22). The van der Waals surface area contributed by atoms with Gasteiger partial charge in [-0.05, 0) is 57.2 Å². The lowest BCUT2D eigenvalue weighted by Crippen LogP contribution is -2.40. The van der Waals surface area contributed by atoms with Crippen LogP contribution in [0.3, 0.4) is 0 Å². The molecule has 0 heterocycles. The lowest BCUT2D eigenvalue weighted by Gasteiger charge is -2.20. The monoisotopic (exact) mass is 368 g/mol. The molecule has 0 saturated carbocycles. The van der Waals surface area contributed by atoms with Crippen molar-refractivity contribution in [2.75, 3.05) is 5.32 Å². The third-order valence-corrected chi connectivity index (χ3v) is 4.77. The minimum atomic E-state index is -3.93. The van der Waals surface area contributed by atoms with Crippen LogP contribution in [0, 0.1) is 11.6 Å². The van der Waals surface area contributed by atoms with E-state index in [1.54, 1.807) is 20.8 Å². The molecule has 2 aromatic rings. The summed E-state index contributed by atoms with van der Waals surface area (Å²) in [6.45, 7) is 4.98. The molecule has 2 N–H and O–H groups in total. The van der Waals surface area contributed by atoms with Crippen LogP contribution in [0.1, 0.15) is 31.1 Å². The van der Waals surface area contributed by atoms with Gasteiger partial charge in [-0.15, -0.1) is 0 Å². The topological polar surface area (TPSA) is 75.3 Å². The second-order valence-electron chi connectivity index (χ2n) is 6.46. The first-order chi connectivity index (χ1) is 11.5. The summed E-state index contributed by atoms with van der Waals surface area (Å²) in [6.07, 6.45) is 0. The minimum Gasteiger partial charge on any atom is -0.322 e. The second-order valence-corrected chi connectivity index (χ2v) is 8.14. The molecule has 2 rings (SSSR count). The second kappa shape index (κ2) is 6.89. The highest BCUT2D eigenvalue weighted by molar-refractivity contribution is 7.89. The van der Waals surface area contributed by atoms with Gasteiger partial charge in [0.2, 0.25) is 10.0 Å². The van der Waals surface area contributed by atoms with E-state index in [1.165, 1.54) is 18.2 Å². The van der Waals surface area contributed by atoms with Crippen LogP contribution in [0.15, 0.2) is 47.4 Å². The largest absolute Gasteiger partial charge is 0.322 e. The summed E-state index contributed by atoms with van der Waals surface area (Å²) < 4.78 is 54.2. The van der Waals surface area contributed by atoms with Crippen LogP contribution in [0.4, 0.5) is 14.5 Å². The fraction of sp³-hybridized carbons (Fsp3) is 0.235. The lowest BCUT2D eigenvalue weighted by molar-refractivity contribution is 0.102. The van der Waals surface area contributed by atoms with Crippen molar-refractivity contribution in [3.8, 4) is 0 Å². The van der Waals surface area contributed by atoms with Crippen molar-refractivity contribution in [2.24, 2.45) is 0 Å². The van der Waals surface area contributed by atoms with E-state index in [0.717, 1.165) is 24.3 Å². The van der Waals surface area contributed by atoms with Crippen LogP contribution < -0.4 is 10.0 Å². The van der Waals surface area contributed by atoms with Gasteiger partial charge in [0.15, 0.2) is 0 Å². The average Bonchev–Trinajstić information content (AvgIpc) is 2.44. The number of halogens is 2. The molecular weight excluding hydrogens is 350 g/mol. The molecule has 2 aromatic carbocycles. The molecule has 8 heteroatoms. The number of nitrogens with one attached hydrogen (secondary N) is 2. The van der Waals surface area contributed by atoms with Crippen LogP contribution >= 0.6 is 0 Å². The molecule has 0 aromatic heterocycles. The molecule has 0 unspecified atom stereocenters. The SMILES string of the molecule is CC(C)(C)NS(=O)(=O)c1ccc(F)c(C(=O)Nc2cccc(F)c2)c1. The smallest absolute Gasteiger partial charge is 0.258 e. The number of anilines is 1. The van der Waals surface area contributed by atoms with Crippen molar-refractivity contribution in [3.05, 3.63) is 59.7 Å². The van der Waals surface area contributed by atoms with E-state index in [4.69, 9.17) is 0 Å². The molecule has 0 aliphatic heterocycles. The maximum absolute atomic E-state index is 14.0. The molecule has 0 saturated heterocycles. The molecule has 25 heavy (non-hydrogen) atoms. The van der Waals surface area contributed by atoms with Gasteiger partial charge in [-0.25, -0.2) is 21.9 Å². The number of amides is 1. The summed E-state index contributed by atoms with van der Waals surface area (Å²) in [5.41, 5.74) is -1.07. The van der Waals surface area contributed by atoms with Crippen LogP contribution in [0.5, 0.6) is 0 Å². The molecular formula is C17H18F2N2O3S. The number of benzene rings is 2. The van der Waals surface area contributed by atoms with E-state index < -0.39 is 38.7 Å². The maximum Gasteiger partial charge on any atom is 0.258 e. The van der Waals surface area contributed by atoms with Gasteiger partial charge in [-0.1, -0.05) is 6.07 Å². The van der Waals surface area contributed by atoms with Gasteiger partial charge in [-0.2, -0.15) is 0 Å². The lowest BCUT2D eigenvalue weighted by atomic mass is 10.1. The first-order valence-electron chi connectivity index (χ1n) is 7.38. The highest BCUT2D eigenvalue weighted by Gasteiger charge is 2.24. The van der Waals surface area contributed by atoms with E-state index in [0.29, 0.717) is 0 Å². The molecule has 5 nitrogen and oxygen atoms in total. The summed E-state index contributed by atoms with van der Waals surface area (Å²) in [4.78, 5) is 12.0. The van der Waals surface area contributed by atoms with Gasteiger partial charge < -0.3 is 5.32 Å². The molecule has 0 fully saturated rings. The highest BCUT2D eigenvalue weighted by atomic mass is 32.2. The van der Waals surface area contributed by atoms with Crippen molar-refractivity contribution in [3.63, 3.8) is 0 Å². The Bertz CT molecular complexity index is 906.